The van der Waals surface area contributed by atoms with Crippen LogP contribution in [0.5, 0.6) is 0 Å². The maximum absolute atomic E-state index is 13.9. The lowest BCUT2D eigenvalue weighted by molar-refractivity contribution is 0.517. The van der Waals surface area contributed by atoms with Gasteiger partial charge in [0, 0.05) is 10.7 Å². The molecule has 1 heterocycles. The van der Waals surface area contributed by atoms with E-state index >= 15 is 0 Å². The summed E-state index contributed by atoms with van der Waals surface area (Å²) in [6.07, 6.45) is 3.77. The van der Waals surface area contributed by atoms with Crippen molar-refractivity contribution in [3.05, 3.63) is 58.3 Å². The molecular weight excluding hydrogens is 309 g/mol. The monoisotopic (exact) mass is 323 g/mol. The lowest BCUT2D eigenvalue weighted by atomic mass is 10.0. The molecule has 100 valence electrons. The minimum Gasteiger partial charge on any atom is -0.309 e. The molecule has 3 nitrogen and oxygen atoms in total. The van der Waals surface area contributed by atoms with Crippen LogP contribution in [-0.2, 0) is 6.42 Å². The van der Waals surface area contributed by atoms with Crippen molar-refractivity contribution in [1.29, 1.82) is 0 Å². The summed E-state index contributed by atoms with van der Waals surface area (Å²) >= 11 is 3.26. The minimum atomic E-state index is -0.202. The molecule has 0 aliphatic carbocycles. The molecule has 19 heavy (non-hydrogen) atoms. The summed E-state index contributed by atoms with van der Waals surface area (Å²) in [7, 11) is 0. The first-order chi connectivity index (χ1) is 9.20. The zero-order valence-corrected chi connectivity index (χ0v) is 12.2. The van der Waals surface area contributed by atoms with Gasteiger partial charge in [-0.2, -0.15) is 0 Å². The van der Waals surface area contributed by atoms with Gasteiger partial charge in [0.1, 0.15) is 12.1 Å². The summed E-state index contributed by atoms with van der Waals surface area (Å²) in [4.78, 5) is 8.14. The Kier molecular flexibility index (Phi) is 4.99. The van der Waals surface area contributed by atoms with Crippen molar-refractivity contribution in [2.24, 2.45) is 0 Å². The van der Waals surface area contributed by atoms with Crippen molar-refractivity contribution in [3.63, 3.8) is 0 Å². The Morgan fingerprint density at radius 1 is 1.37 bits per heavy atom. The van der Waals surface area contributed by atoms with Gasteiger partial charge in [-0.25, -0.2) is 14.4 Å². The molecule has 5 heteroatoms. The van der Waals surface area contributed by atoms with Gasteiger partial charge in [-0.15, -0.1) is 0 Å². The quantitative estimate of drug-likeness (QED) is 0.917. The van der Waals surface area contributed by atoms with Gasteiger partial charge in [0.05, 0.1) is 11.7 Å². The van der Waals surface area contributed by atoms with Gasteiger partial charge in [-0.3, -0.25) is 0 Å². The molecular formula is C14H15BrFN3. The Morgan fingerprint density at radius 3 is 2.84 bits per heavy atom. The highest BCUT2D eigenvalue weighted by Crippen LogP contribution is 2.21. The Labute approximate surface area is 120 Å². The maximum atomic E-state index is 13.9. The van der Waals surface area contributed by atoms with Crippen molar-refractivity contribution in [2.45, 2.75) is 19.4 Å². The molecule has 1 atom stereocenters. The average molecular weight is 324 g/mol. The van der Waals surface area contributed by atoms with Crippen LogP contribution in [0.25, 0.3) is 0 Å². The smallest absolute Gasteiger partial charge is 0.127 e. The highest BCUT2D eigenvalue weighted by molar-refractivity contribution is 9.10. The lowest BCUT2D eigenvalue weighted by Crippen LogP contribution is -2.24. The van der Waals surface area contributed by atoms with Crippen molar-refractivity contribution < 1.29 is 4.39 Å². The number of nitrogens with one attached hydrogen (secondary N) is 1. The molecule has 0 fully saturated rings. The maximum Gasteiger partial charge on any atom is 0.127 e. The van der Waals surface area contributed by atoms with Crippen LogP contribution in [0.4, 0.5) is 4.39 Å². The number of hydrogen-bond acceptors (Lipinski definition) is 3. The summed E-state index contributed by atoms with van der Waals surface area (Å²) in [6.45, 7) is 2.82. The number of rotatable bonds is 5. The Bertz CT molecular complexity index is 533. The van der Waals surface area contributed by atoms with E-state index in [9.17, 15) is 4.39 Å². The molecule has 2 aromatic rings. The Hall–Kier alpha value is -1.33. The third kappa shape index (κ3) is 3.81. The van der Waals surface area contributed by atoms with Crippen molar-refractivity contribution in [3.8, 4) is 0 Å². The first kappa shape index (κ1) is 14.1. The number of aromatic nitrogens is 2. The van der Waals surface area contributed by atoms with Gasteiger partial charge >= 0.3 is 0 Å². The van der Waals surface area contributed by atoms with E-state index in [2.05, 4.69) is 31.2 Å². The summed E-state index contributed by atoms with van der Waals surface area (Å²) in [6, 6.07) is 6.97. The van der Waals surface area contributed by atoms with Crippen LogP contribution in [0.15, 0.2) is 41.3 Å². The molecule has 0 amide bonds. The zero-order chi connectivity index (χ0) is 13.7. The molecule has 2 rings (SSSR count). The molecule has 1 aromatic carbocycles. The predicted octanol–water partition coefficient (Wildman–Crippen LogP) is 3.27. The standard InChI is InChI=1S/C14H15BrFN3/c1-2-18-14(13-5-6-17-9-19-13)7-10-3-4-11(15)8-12(10)16/h3-6,8-9,14,18H,2,7H2,1H3. The molecule has 0 saturated heterocycles. The van der Waals surface area contributed by atoms with Crippen LogP contribution >= 0.6 is 15.9 Å². The summed E-state index contributed by atoms with van der Waals surface area (Å²) in [5.41, 5.74) is 1.55. The normalized spacial score (nSPS) is 12.4. The third-order valence-corrected chi connectivity index (χ3v) is 3.34. The van der Waals surface area contributed by atoms with Crippen molar-refractivity contribution in [1.82, 2.24) is 15.3 Å². The number of hydrogen-bond donors (Lipinski definition) is 1. The Morgan fingerprint density at radius 2 is 2.21 bits per heavy atom. The Balaban J connectivity index is 2.21. The van der Waals surface area contributed by atoms with Crippen molar-refractivity contribution in [2.75, 3.05) is 6.54 Å². The fourth-order valence-corrected chi connectivity index (χ4v) is 2.28. The summed E-state index contributed by atoms with van der Waals surface area (Å²) in [5.74, 6) is -0.202. The highest BCUT2D eigenvalue weighted by Gasteiger charge is 2.14. The van der Waals surface area contributed by atoms with Crippen LogP contribution in [0.2, 0.25) is 0 Å². The van der Waals surface area contributed by atoms with E-state index in [1.54, 1.807) is 12.3 Å². The van der Waals surface area contributed by atoms with Crippen LogP contribution in [-0.4, -0.2) is 16.5 Å². The second kappa shape index (κ2) is 6.73. The fourth-order valence-electron chi connectivity index (χ4n) is 1.94. The molecule has 0 spiro atoms. The van der Waals surface area contributed by atoms with Crippen LogP contribution in [0, 0.1) is 5.82 Å². The van der Waals surface area contributed by atoms with Crippen LogP contribution in [0.1, 0.15) is 24.2 Å². The lowest BCUT2D eigenvalue weighted by Gasteiger charge is -2.17. The minimum absolute atomic E-state index is 0.0105. The summed E-state index contributed by atoms with van der Waals surface area (Å²) < 4.78 is 14.6. The molecule has 1 aromatic heterocycles. The predicted molar refractivity (Wildman–Crippen MR) is 76.3 cm³/mol. The zero-order valence-electron chi connectivity index (χ0n) is 10.6. The van der Waals surface area contributed by atoms with E-state index < -0.39 is 0 Å². The van der Waals surface area contributed by atoms with Gasteiger partial charge in [-0.05, 0) is 36.7 Å². The van der Waals surface area contributed by atoms with Gasteiger partial charge in [0.15, 0.2) is 0 Å². The van der Waals surface area contributed by atoms with Gasteiger partial charge in [0.2, 0.25) is 0 Å². The summed E-state index contributed by atoms with van der Waals surface area (Å²) in [5, 5.41) is 3.32. The fraction of sp³-hybridized carbons (Fsp3) is 0.286. The second-order valence-corrected chi connectivity index (χ2v) is 5.10. The topological polar surface area (TPSA) is 37.8 Å². The molecule has 0 saturated carbocycles. The van der Waals surface area contributed by atoms with E-state index in [1.807, 2.05) is 19.1 Å². The molecule has 0 aliphatic heterocycles. The number of nitrogens with zero attached hydrogens (tertiary/aromatic N) is 2. The first-order valence-electron chi connectivity index (χ1n) is 6.14. The van der Waals surface area contributed by atoms with Gasteiger partial charge in [0.25, 0.3) is 0 Å². The molecule has 0 bridgehead atoms. The van der Waals surface area contributed by atoms with Crippen molar-refractivity contribution >= 4 is 15.9 Å². The molecule has 1 N–H and O–H groups in total. The second-order valence-electron chi connectivity index (χ2n) is 4.18. The average Bonchev–Trinajstić information content (AvgIpc) is 2.42. The SMILES string of the molecule is CCNC(Cc1ccc(Br)cc1F)c1ccncn1. The van der Waals surface area contributed by atoms with E-state index in [1.165, 1.54) is 12.4 Å². The largest absolute Gasteiger partial charge is 0.309 e. The highest BCUT2D eigenvalue weighted by atomic mass is 79.9. The van der Waals surface area contributed by atoms with Gasteiger partial charge < -0.3 is 5.32 Å². The number of benzene rings is 1. The van der Waals surface area contributed by atoms with E-state index in [0.29, 0.717) is 12.0 Å². The van der Waals surface area contributed by atoms with E-state index in [4.69, 9.17) is 0 Å². The van der Waals surface area contributed by atoms with E-state index in [0.717, 1.165) is 16.7 Å². The third-order valence-electron chi connectivity index (χ3n) is 2.85. The number of halogens is 2. The molecule has 0 aliphatic rings. The van der Waals surface area contributed by atoms with Crippen LogP contribution < -0.4 is 5.32 Å². The molecule has 1 unspecified atom stereocenters. The van der Waals surface area contributed by atoms with E-state index in [-0.39, 0.29) is 11.9 Å². The number of likely N-dealkylation sites (N-methyl/N-ethyl adjacent to an activating group) is 1. The first-order valence-corrected chi connectivity index (χ1v) is 6.93. The van der Waals surface area contributed by atoms with Crippen LogP contribution in [0.3, 0.4) is 0 Å². The molecule has 0 radical (unpaired) electrons. The van der Waals surface area contributed by atoms with Gasteiger partial charge in [-0.1, -0.05) is 28.9 Å².